The summed E-state index contributed by atoms with van der Waals surface area (Å²) in [5.41, 5.74) is 5.58. The summed E-state index contributed by atoms with van der Waals surface area (Å²) in [6, 6.07) is -1.13. The van der Waals surface area contributed by atoms with E-state index >= 15 is 0 Å². The lowest BCUT2D eigenvalue weighted by Crippen LogP contribution is -2.62. The molecule has 0 aromatic heterocycles. The summed E-state index contributed by atoms with van der Waals surface area (Å²) in [5, 5.41) is 36.6. The summed E-state index contributed by atoms with van der Waals surface area (Å²) in [7, 11) is 0. The Bertz CT molecular complexity index is 1870. The number of nitrogens with one attached hydrogen (secondary N) is 7. The molecule has 0 saturated carbocycles. The molecule has 8 amide bonds. The Balaban J connectivity index is 3.59. The Labute approximate surface area is 385 Å². The second-order valence-electron chi connectivity index (χ2n) is 17.7. The van der Waals surface area contributed by atoms with Crippen LogP contribution >= 0.6 is 0 Å². The second kappa shape index (κ2) is 29.2. The lowest BCUT2D eigenvalue weighted by Gasteiger charge is -2.34. The number of hydrogen-bond donors (Lipinski definition) is 10. The number of unbranched alkanes of at least 4 members (excludes halogenated alkanes) is 2. The normalized spacial score (nSPS) is 13.9. The molecule has 21 nitrogen and oxygen atoms in total. The van der Waals surface area contributed by atoms with Crippen molar-refractivity contribution in [3.05, 3.63) is 35.4 Å². The Morgan fingerprint density at radius 3 is 1.73 bits per heavy atom. The predicted molar refractivity (Wildman–Crippen MR) is 241 cm³/mol. The van der Waals surface area contributed by atoms with E-state index in [-0.39, 0.29) is 38.1 Å². The second-order valence-corrected chi connectivity index (χ2v) is 17.7. The molecule has 368 valence electrons. The number of rotatable bonds is 32. The number of ketones is 1. The van der Waals surface area contributed by atoms with Crippen molar-refractivity contribution in [3.8, 4) is 0 Å². The van der Waals surface area contributed by atoms with Gasteiger partial charge in [0, 0.05) is 25.8 Å². The van der Waals surface area contributed by atoms with Crippen LogP contribution in [0.4, 0.5) is 0 Å². The number of aryl methyl sites for hydroxylation is 1. The van der Waals surface area contributed by atoms with Crippen LogP contribution in [0.3, 0.4) is 0 Å². The minimum Gasteiger partial charge on any atom is -0.481 e. The fourth-order valence-corrected chi connectivity index (χ4v) is 6.74. The number of benzene rings is 1. The third kappa shape index (κ3) is 22.0. The molecule has 0 heterocycles. The van der Waals surface area contributed by atoms with Crippen LogP contribution in [0.2, 0.25) is 0 Å². The monoisotopic (exact) mass is 931 g/mol. The van der Waals surface area contributed by atoms with Gasteiger partial charge in [-0.05, 0) is 67.9 Å². The van der Waals surface area contributed by atoms with E-state index in [9.17, 15) is 57.8 Å². The van der Waals surface area contributed by atoms with Gasteiger partial charge in [0.15, 0.2) is 0 Å². The Morgan fingerprint density at radius 1 is 0.652 bits per heavy atom. The first-order valence-electron chi connectivity index (χ1n) is 22.2. The summed E-state index contributed by atoms with van der Waals surface area (Å²) in [4.78, 5) is 141. The molecule has 11 N–H and O–H groups in total. The zero-order valence-electron chi connectivity index (χ0n) is 39.1. The average molecular weight is 931 g/mol. The molecule has 0 bridgehead atoms. The molecule has 0 aliphatic heterocycles. The Kier molecular flexibility index (Phi) is 25.5. The number of primary amides is 1. The molecule has 1 rings (SSSR count). The number of carboxylic acid groups (broad SMARTS) is 2. The van der Waals surface area contributed by atoms with Gasteiger partial charge in [-0.2, -0.15) is 0 Å². The van der Waals surface area contributed by atoms with Gasteiger partial charge in [0.25, 0.3) is 5.91 Å². The molecule has 0 radical (unpaired) electrons. The highest BCUT2D eigenvalue weighted by Gasteiger charge is 2.38. The van der Waals surface area contributed by atoms with E-state index < -0.39 is 126 Å². The summed E-state index contributed by atoms with van der Waals surface area (Å²) < 4.78 is 0. The van der Waals surface area contributed by atoms with Crippen LogP contribution in [0.5, 0.6) is 0 Å². The Morgan fingerprint density at radius 2 is 1.18 bits per heavy atom. The highest BCUT2D eigenvalue weighted by molar-refractivity contribution is 6.37. The Hall–Kier alpha value is -6.41. The molecule has 66 heavy (non-hydrogen) atoms. The van der Waals surface area contributed by atoms with Crippen molar-refractivity contribution in [2.75, 3.05) is 6.54 Å². The highest BCUT2D eigenvalue weighted by atomic mass is 16.4. The van der Waals surface area contributed by atoms with Crippen LogP contribution < -0.4 is 43.0 Å². The maximum atomic E-state index is 14.4. The number of nitrogens with two attached hydrogens (primary N) is 1. The predicted octanol–water partition coefficient (Wildman–Crippen LogP) is 0.429. The highest BCUT2D eigenvalue weighted by Crippen LogP contribution is 2.21. The lowest BCUT2D eigenvalue weighted by molar-refractivity contribution is -0.140. The van der Waals surface area contributed by atoms with Gasteiger partial charge in [-0.15, -0.1) is 0 Å². The minimum absolute atomic E-state index is 0.00234. The first-order valence-corrected chi connectivity index (χ1v) is 22.2. The number of carbonyl (C=O) groups is 11. The molecule has 0 unspecified atom stereocenters. The van der Waals surface area contributed by atoms with E-state index in [0.717, 1.165) is 5.56 Å². The van der Waals surface area contributed by atoms with Gasteiger partial charge in [-0.3, -0.25) is 52.7 Å². The number of Topliss-reactive ketones (excluding diaryl/α,β-unsaturated/α-hetero) is 1. The largest absolute Gasteiger partial charge is 0.481 e. The van der Waals surface area contributed by atoms with Gasteiger partial charge < -0.3 is 53.2 Å². The number of aliphatic carboxylic acids is 2. The van der Waals surface area contributed by atoms with Crippen LogP contribution in [0.1, 0.15) is 123 Å². The number of hydrogen-bond acceptors (Lipinski definition) is 11. The smallest absolute Gasteiger partial charge is 0.303 e. The summed E-state index contributed by atoms with van der Waals surface area (Å²) in [6.07, 6.45) is 0.387. The van der Waals surface area contributed by atoms with Gasteiger partial charge in [-0.1, -0.05) is 78.6 Å². The fourth-order valence-electron chi connectivity index (χ4n) is 6.74. The van der Waals surface area contributed by atoms with Crippen molar-refractivity contribution < 1.29 is 63.0 Å². The standard InChI is InChI=1S/C45H70N8O13/c1-8-9-16-29(37(60)39(46)61)49-42(64)32(23-26(2)3)52-44(66)38(45(5,6)7)53-43(65)33(24-28-15-11-10-14-27(28)4)51-41(63)31(18-20-35(56)57)50-40(62)30(17-12-13-22-47-25-54)48-34(55)19-21-36(58)59/h10-11,14-15,25-26,29-33,38H,8-9,12-13,16-24H2,1-7H3,(H2,46,61)(H,47,54)(H,48,55)(H,49,64)(H,50,62)(H,51,63)(H,52,66)(H,53,65)(H,56,57)(H,58,59)/t29-,30-,31-,32-,33-,38+/m0/s1. The molecule has 0 spiro atoms. The lowest BCUT2D eigenvalue weighted by atomic mass is 9.85. The zero-order chi connectivity index (χ0) is 50.1. The molecule has 0 aliphatic rings. The quantitative estimate of drug-likeness (QED) is 0.0267. The molecular weight excluding hydrogens is 861 g/mol. The van der Waals surface area contributed by atoms with E-state index in [1.165, 1.54) is 0 Å². The van der Waals surface area contributed by atoms with Gasteiger partial charge in [0.2, 0.25) is 47.6 Å². The molecule has 0 aliphatic carbocycles. The summed E-state index contributed by atoms with van der Waals surface area (Å²) in [6.45, 7) is 12.5. The molecule has 6 atom stereocenters. The van der Waals surface area contributed by atoms with Gasteiger partial charge in [0.05, 0.1) is 12.5 Å². The number of carboxylic acids is 2. The van der Waals surface area contributed by atoms with E-state index in [1.807, 2.05) is 6.92 Å². The van der Waals surface area contributed by atoms with E-state index in [1.54, 1.807) is 65.8 Å². The van der Waals surface area contributed by atoms with Crippen molar-refractivity contribution in [1.82, 2.24) is 37.2 Å². The SMILES string of the molecule is CCCC[C@H](NC(=O)[C@H](CC(C)C)NC(=O)[C@@H](NC(=O)[C@H](Cc1ccccc1C)NC(=O)[C@H](CCC(=O)O)NC(=O)[C@H](CCCCNC=O)NC(=O)CCC(=O)O)C(C)(C)C)C(=O)C(N)=O. The van der Waals surface area contributed by atoms with Crippen molar-refractivity contribution >= 4 is 65.5 Å². The first-order chi connectivity index (χ1) is 30.9. The van der Waals surface area contributed by atoms with Crippen molar-refractivity contribution in [2.45, 2.75) is 162 Å². The minimum atomic E-state index is -1.57. The topological polar surface area (TPSA) is 338 Å². The van der Waals surface area contributed by atoms with Gasteiger partial charge >= 0.3 is 11.9 Å². The fraction of sp³-hybridized carbons (Fsp3) is 0.622. The number of amides is 8. The molecule has 21 heteroatoms. The molecule has 0 saturated heterocycles. The van der Waals surface area contributed by atoms with Crippen molar-refractivity contribution in [3.63, 3.8) is 0 Å². The van der Waals surface area contributed by atoms with Crippen LogP contribution in [0.25, 0.3) is 0 Å². The van der Waals surface area contributed by atoms with E-state index in [2.05, 4.69) is 37.2 Å². The molecular formula is C45H70N8O13. The zero-order valence-corrected chi connectivity index (χ0v) is 39.1. The maximum Gasteiger partial charge on any atom is 0.303 e. The van der Waals surface area contributed by atoms with Gasteiger partial charge in [-0.25, -0.2) is 0 Å². The molecule has 1 aromatic rings. The van der Waals surface area contributed by atoms with E-state index in [4.69, 9.17) is 10.8 Å². The van der Waals surface area contributed by atoms with Gasteiger partial charge in [0.1, 0.15) is 30.2 Å². The van der Waals surface area contributed by atoms with E-state index in [0.29, 0.717) is 37.7 Å². The number of carbonyl (C=O) groups excluding carboxylic acids is 9. The summed E-state index contributed by atoms with van der Waals surface area (Å²) in [5.74, 6) is -9.94. The first kappa shape index (κ1) is 57.6. The third-order valence-corrected chi connectivity index (χ3v) is 10.4. The molecule has 1 aromatic carbocycles. The summed E-state index contributed by atoms with van der Waals surface area (Å²) >= 11 is 0. The third-order valence-electron chi connectivity index (χ3n) is 10.4. The maximum absolute atomic E-state index is 14.4. The van der Waals surface area contributed by atoms with Crippen LogP contribution in [-0.2, 0) is 59.2 Å². The van der Waals surface area contributed by atoms with Crippen molar-refractivity contribution in [2.24, 2.45) is 17.1 Å². The van der Waals surface area contributed by atoms with Crippen LogP contribution in [0.15, 0.2) is 24.3 Å². The van der Waals surface area contributed by atoms with Crippen LogP contribution in [0, 0.1) is 18.3 Å². The molecule has 0 fully saturated rings. The average Bonchev–Trinajstić information content (AvgIpc) is 3.23. The van der Waals surface area contributed by atoms with Crippen molar-refractivity contribution in [1.29, 1.82) is 0 Å². The van der Waals surface area contributed by atoms with Crippen LogP contribution in [-0.4, -0.2) is 118 Å².